The molecule has 0 saturated carbocycles. The standard InChI is InChI=1S/C21H20F3N3O4S/c1-26(2)9-10-27(19(28)17-12-29-15-5-3-4-6-16(15)30-17)20-25-14-8-7-13(11-18(14)32-20)31-21(22,23)24/h3-8,11,17H,9-10,12H2,1-2H3. The molecule has 3 aromatic rings. The number of amides is 1. The van der Waals surface area contributed by atoms with E-state index in [4.69, 9.17) is 9.47 Å². The molecule has 11 heteroatoms. The van der Waals surface area contributed by atoms with E-state index < -0.39 is 12.5 Å². The summed E-state index contributed by atoms with van der Waals surface area (Å²) in [4.78, 5) is 21.2. The molecular weight excluding hydrogens is 447 g/mol. The summed E-state index contributed by atoms with van der Waals surface area (Å²) in [7, 11) is 3.75. The number of rotatable bonds is 6. The van der Waals surface area contributed by atoms with Crippen LogP contribution in [-0.2, 0) is 4.79 Å². The number of hydrogen-bond acceptors (Lipinski definition) is 7. The zero-order valence-electron chi connectivity index (χ0n) is 17.3. The number of fused-ring (bicyclic) bond motifs is 2. The lowest BCUT2D eigenvalue weighted by molar-refractivity contribution is -0.274. The monoisotopic (exact) mass is 467 g/mol. The molecule has 0 saturated heterocycles. The third-order valence-electron chi connectivity index (χ3n) is 4.63. The first-order chi connectivity index (χ1) is 15.2. The first kappa shape index (κ1) is 22.2. The Morgan fingerprint density at radius 2 is 1.94 bits per heavy atom. The number of carbonyl (C=O) groups excluding carboxylic acids is 1. The van der Waals surface area contributed by atoms with Crippen molar-refractivity contribution in [3.8, 4) is 17.2 Å². The zero-order valence-corrected chi connectivity index (χ0v) is 18.1. The SMILES string of the molecule is CN(C)CCN(C(=O)C1COc2ccccc2O1)c1nc2ccc(OC(F)(F)F)cc2s1. The van der Waals surface area contributed by atoms with E-state index in [1.54, 1.807) is 18.2 Å². The van der Waals surface area contributed by atoms with Crippen molar-refractivity contribution in [2.24, 2.45) is 0 Å². The van der Waals surface area contributed by atoms with E-state index in [2.05, 4.69) is 9.72 Å². The van der Waals surface area contributed by atoms with Crippen molar-refractivity contribution in [3.63, 3.8) is 0 Å². The number of nitrogens with zero attached hydrogens (tertiary/aromatic N) is 3. The molecule has 1 atom stereocenters. The lowest BCUT2D eigenvalue weighted by Crippen LogP contribution is -2.48. The number of thiazole rings is 1. The lowest BCUT2D eigenvalue weighted by atomic mass is 10.2. The third-order valence-corrected chi connectivity index (χ3v) is 5.68. The topological polar surface area (TPSA) is 64.1 Å². The molecule has 2 heterocycles. The van der Waals surface area contributed by atoms with E-state index in [9.17, 15) is 18.0 Å². The lowest BCUT2D eigenvalue weighted by Gasteiger charge is -2.30. The number of para-hydroxylation sites is 2. The third kappa shape index (κ3) is 5.05. The number of hydrogen-bond donors (Lipinski definition) is 0. The number of alkyl halides is 3. The van der Waals surface area contributed by atoms with Gasteiger partial charge >= 0.3 is 6.36 Å². The van der Waals surface area contributed by atoms with Gasteiger partial charge in [-0.1, -0.05) is 23.5 Å². The minimum absolute atomic E-state index is 0.0444. The van der Waals surface area contributed by atoms with Crippen LogP contribution in [0.25, 0.3) is 10.2 Å². The second kappa shape index (κ2) is 8.83. The van der Waals surface area contributed by atoms with Crippen molar-refractivity contribution in [1.82, 2.24) is 9.88 Å². The van der Waals surface area contributed by atoms with Crippen molar-refractivity contribution >= 4 is 32.6 Å². The van der Waals surface area contributed by atoms with Crippen LogP contribution >= 0.6 is 11.3 Å². The minimum Gasteiger partial charge on any atom is -0.485 e. The highest BCUT2D eigenvalue weighted by atomic mass is 32.1. The normalized spacial score (nSPS) is 15.8. The van der Waals surface area contributed by atoms with E-state index in [1.165, 1.54) is 23.1 Å². The summed E-state index contributed by atoms with van der Waals surface area (Å²) in [6.07, 6.45) is -5.66. The highest BCUT2D eigenvalue weighted by molar-refractivity contribution is 7.22. The maximum absolute atomic E-state index is 13.3. The van der Waals surface area contributed by atoms with Gasteiger partial charge in [0.25, 0.3) is 5.91 Å². The number of likely N-dealkylation sites (N-methyl/N-ethyl adjacent to an activating group) is 1. The van der Waals surface area contributed by atoms with Gasteiger partial charge in [-0.05, 0) is 38.4 Å². The van der Waals surface area contributed by atoms with Crippen LogP contribution in [0.15, 0.2) is 42.5 Å². The fourth-order valence-corrected chi connectivity index (χ4v) is 4.15. The molecule has 2 aromatic carbocycles. The van der Waals surface area contributed by atoms with Crippen molar-refractivity contribution in [2.45, 2.75) is 12.5 Å². The number of aromatic nitrogens is 1. The molecule has 1 unspecified atom stereocenters. The maximum Gasteiger partial charge on any atom is 0.573 e. The van der Waals surface area contributed by atoms with E-state index in [0.29, 0.717) is 39.9 Å². The Kier molecular flexibility index (Phi) is 6.11. The highest BCUT2D eigenvalue weighted by Gasteiger charge is 2.34. The Balaban J connectivity index is 1.61. The van der Waals surface area contributed by atoms with Gasteiger partial charge in [0.05, 0.1) is 10.2 Å². The molecule has 4 rings (SSSR count). The molecule has 1 amide bonds. The van der Waals surface area contributed by atoms with Crippen molar-refractivity contribution in [2.75, 3.05) is 38.7 Å². The Hall–Kier alpha value is -3.05. The predicted molar refractivity (Wildman–Crippen MR) is 114 cm³/mol. The summed E-state index contributed by atoms with van der Waals surface area (Å²) in [6, 6.07) is 11.0. The second-order valence-electron chi connectivity index (χ2n) is 7.33. The first-order valence-electron chi connectivity index (χ1n) is 9.70. The molecule has 7 nitrogen and oxygen atoms in total. The van der Waals surface area contributed by atoms with Gasteiger partial charge in [-0.25, -0.2) is 4.98 Å². The Bertz CT molecular complexity index is 1120. The van der Waals surface area contributed by atoms with Crippen LogP contribution in [0.2, 0.25) is 0 Å². The van der Waals surface area contributed by atoms with Crippen LogP contribution in [0.4, 0.5) is 18.3 Å². The fraction of sp³-hybridized carbons (Fsp3) is 0.333. The summed E-state index contributed by atoms with van der Waals surface area (Å²) < 4.78 is 53.6. The summed E-state index contributed by atoms with van der Waals surface area (Å²) in [5.41, 5.74) is 0.466. The number of benzene rings is 2. The van der Waals surface area contributed by atoms with Crippen LogP contribution < -0.4 is 19.1 Å². The van der Waals surface area contributed by atoms with Gasteiger partial charge in [-0.15, -0.1) is 13.2 Å². The summed E-state index contributed by atoms with van der Waals surface area (Å²) >= 11 is 1.11. The van der Waals surface area contributed by atoms with Crippen LogP contribution in [-0.4, -0.2) is 62.0 Å². The number of ether oxygens (including phenoxy) is 3. The van der Waals surface area contributed by atoms with Crippen LogP contribution in [0.5, 0.6) is 17.2 Å². The van der Waals surface area contributed by atoms with Crippen molar-refractivity contribution in [1.29, 1.82) is 0 Å². The van der Waals surface area contributed by atoms with Gasteiger partial charge in [-0.3, -0.25) is 9.69 Å². The fourth-order valence-electron chi connectivity index (χ4n) is 3.12. The quantitative estimate of drug-likeness (QED) is 0.548. The van der Waals surface area contributed by atoms with E-state index in [0.717, 1.165) is 11.3 Å². The molecule has 1 aliphatic heterocycles. The molecule has 170 valence electrons. The summed E-state index contributed by atoms with van der Waals surface area (Å²) in [5.74, 6) is 0.357. The number of carbonyl (C=O) groups is 1. The first-order valence-corrected chi connectivity index (χ1v) is 10.5. The largest absolute Gasteiger partial charge is 0.573 e. The Morgan fingerprint density at radius 1 is 1.19 bits per heavy atom. The van der Waals surface area contributed by atoms with Crippen molar-refractivity contribution < 1.29 is 32.2 Å². The van der Waals surface area contributed by atoms with Crippen LogP contribution in [0, 0.1) is 0 Å². The average molecular weight is 467 g/mol. The van der Waals surface area contributed by atoms with Gasteiger partial charge in [-0.2, -0.15) is 0 Å². The molecular formula is C21H20F3N3O4S. The zero-order chi connectivity index (χ0) is 22.9. The van der Waals surface area contributed by atoms with E-state index >= 15 is 0 Å². The van der Waals surface area contributed by atoms with E-state index in [-0.39, 0.29) is 18.3 Å². The van der Waals surface area contributed by atoms with E-state index in [1.807, 2.05) is 25.1 Å². The molecule has 0 spiro atoms. The number of anilines is 1. The minimum atomic E-state index is -4.79. The molecule has 0 radical (unpaired) electrons. The van der Waals surface area contributed by atoms with Crippen molar-refractivity contribution in [3.05, 3.63) is 42.5 Å². The van der Waals surface area contributed by atoms with Crippen LogP contribution in [0.1, 0.15) is 0 Å². The number of halogens is 3. The highest BCUT2D eigenvalue weighted by Crippen LogP contribution is 2.35. The van der Waals surface area contributed by atoms with Gasteiger partial charge < -0.3 is 19.1 Å². The van der Waals surface area contributed by atoms with Gasteiger partial charge in [0.2, 0.25) is 6.10 Å². The molecule has 0 fully saturated rings. The van der Waals surface area contributed by atoms with Gasteiger partial charge in [0.15, 0.2) is 16.6 Å². The Labute approximate surface area is 185 Å². The Morgan fingerprint density at radius 3 is 2.66 bits per heavy atom. The van der Waals surface area contributed by atoms with Gasteiger partial charge in [0, 0.05) is 19.2 Å². The average Bonchev–Trinajstić information content (AvgIpc) is 3.15. The molecule has 32 heavy (non-hydrogen) atoms. The second-order valence-corrected chi connectivity index (χ2v) is 8.34. The molecule has 1 aromatic heterocycles. The summed E-state index contributed by atoms with van der Waals surface area (Å²) in [5, 5.41) is 0.360. The molecule has 0 aliphatic carbocycles. The predicted octanol–water partition coefficient (Wildman–Crippen LogP) is 3.93. The molecule has 0 N–H and O–H groups in total. The summed E-state index contributed by atoms with van der Waals surface area (Å²) in [6.45, 7) is 0.913. The smallest absolute Gasteiger partial charge is 0.485 e. The van der Waals surface area contributed by atoms with Gasteiger partial charge in [0.1, 0.15) is 12.4 Å². The van der Waals surface area contributed by atoms with Crippen LogP contribution in [0.3, 0.4) is 0 Å². The molecule has 0 bridgehead atoms. The molecule has 1 aliphatic rings. The maximum atomic E-state index is 13.3.